The first-order chi connectivity index (χ1) is 14.2. The predicted molar refractivity (Wildman–Crippen MR) is 133 cm³/mol. The minimum absolute atomic E-state index is 0.215. The molecular weight excluding hydrogens is 394 g/mol. The van der Waals surface area contributed by atoms with Crippen molar-refractivity contribution in [3.8, 4) is 0 Å². The lowest BCUT2D eigenvalue weighted by Gasteiger charge is -2.25. The highest BCUT2D eigenvalue weighted by molar-refractivity contribution is 7.99. The zero-order chi connectivity index (χ0) is 21.5. The van der Waals surface area contributed by atoms with Crippen molar-refractivity contribution >= 4 is 23.5 Å². The molecule has 0 saturated carbocycles. The molecule has 29 heavy (non-hydrogen) atoms. The molecule has 2 rings (SSSR count). The van der Waals surface area contributed by atoms with Crippen molar-refractivity contribution in [2.75, 3.05) is 32.3 Å². The van der Waals surface area contributed by atoms with E-state index in [1.807, 2.05) is 37.4 Å². The number of aryl methyl sites for hydroxylation is 1. The highest BCUT2D eigenvalue weighted by atomic mass is 32.2. The van der Waals surface area contributed by atoms with E-state index in [4.69, 9.17) is 4.74 Å². The van der Waals surface area contributed by atoms with Crippen LogP contribution >= 0.6 is 23.5 Å². The molecule has 0 spiro atoms. The number of hydrogen-bond acceptors (Lipinski definition) is 4. The molecule has 0 bridgehead atoms. The molecule has 0 radical (unpaired) electrons. The fraction of sp³-hybridized carbons (Fsp3) is 0.520. The SMILES string of the molecule is CC.CCCc1ccccc1C(NCCCOC)c1ccc(SCC)cc1SC. The third kappa shape index (κ3) is 8.37. The Balaban J connectivity index is 0.00000204. The first-order valence-corrected chi connectivity index (χ1v) is 13.1. The van der Waals surface area contributed by atoms with Crippen molar-refractivity contribution in [2.45, 2.75) is 62.8 Å². The van der Waals surface area contributed by atoms with Gasteiger partial charge in [0.25, 0.3) is 0 Å². The Morgan fingerprint density at radius 1 is 1.03 bits per heavy atom. The molecule has 0 aliphatic heterocycles. The third-order valence-electron chi connectivity index (χ3n) is 4.59. The lowest BCUT2D eigenvalue weighted by molar-refractivity contribution is 0.193. The Morgan fingerprint density at radius 2 is 1.79 bits per heavy atom. The van der Waals surface area contributed by atoms with E-state index in [0.717, 1.165) is 38.2 Å². The Kier molecular flexibility index (Phi) is 14.3. The highest BCUT2D eigenvalue weighted by Crippen LogP contribution is 2.35. The highest BCUT2D eigenvalue weighted by Gasteiger charge is 2.20. The van der Waals surface area contributed by atoms with Crippen LogP contribution in [0.4, 0.5) is 0 Å². The molecule has 0 fully saturated rings. The molecule has 1 atom stereocenters. The van der Waals surface area contributed by atoms with Crippen LogP contribution in [0.2, 0.25) is 0 Å². The van der Waals surface area contributed by atoms with Gasteiger partial charge in [-0.05, 0) is 60.2 Å². The molecule has 1 N–H and O–H groups in total. The molecule has 2 aromatic carbocycles. The summed E-state index contributed by atoms with van der Waals surface area (Å²) in [5, 5.41) is 3.81. The molecule has 0 aliphatic carbocycles. The van der Waals surface area contributed by atoms with Gasteiger partial charge in [-0.25, -0.2) is 0 Å². The fourth-order valence-corrected chi connectivity index (χ4v) is 4.79. The van der Waals surface area contributed by atoms with Gasteiger partial charge in [0.15, 0.2) is 0 Å². The standard InChI is InChI=1S/C23H33NOS2.C2H6/c1-5-10-18-11-7-8-12-20(18)23(24-15-9-16-25-3)21-14-13-19(27-6-2)17-22(21)26-4;1-2/h7-8,11-14,17,23-24H,5-6,9-10,15-16H2,1-4H3;1-2H3. The second-order valence-corrected chi connectivity index (χ2v) is 8.70. The fourth-order valence-electron chi connectivity index (χ4n) is 3.35. The average molecular weight is 434 g/mol. The van der Waals surface area contributed by atoms with Gasteiger partial charge in [0, 0.05) is 23.5 Å². The molecule has 2 aromatic rings. The van der Waals surface area contributed by atoms with E-state index >= 15 is 0 Å². The van der Waals surface area contributed by atoms with E-state index < -0.39 is 0 Å². The van der Waals surface area contributed by atoms with E-state index in [1.54, 1.807) is 7.11 Å². The lowest BCUT2D eigenvalue weighted by atomic mass is 9.92. The summed E-state index contributed by atoms with van der Waals surface area (Å²) in [6.45, 7) is 10.2. The molecule has 1 unspecified atom stereocenters. The van der Waals surface area contributed by atoms with Gasteiger partial charge in [-0.1, -0.05) is 64.4 Å². The molecule has 0 saturated heterocycles. The number of benzene rings is 2. The van der Waals surface area contributed by atoms with Gasteiger partial charge in [0.2, 0.25) is 0 Å². The van der Waals surface area contributed by atoms with Crippen molar-refractivity contribution in [3.05, 3.63) is 59.2 Å². The summed E-state index contributed by atoms with van der Waals surface area (Å²) in [6.07, 6.45) is 5.47. The second-order valence-electron chi connectivity index (χ2n) is 6.52. The van der Waals surface area contributed by atoms with Gasteiger partial charge < -0.3 is 10.1 Å². The maximum absolute atomic E-state index is 5.24. The Bertz CT molecular complexity index is 690. The molecule has 162 valence electrons. The van der Waals surface area contributed by atoms with E-state index in [9.17, 15) is 0 Å². The second kappa shape index (κ2) is 15.8. The largest absolute Gasteiger partial charge is 0.385 e. The molecule has 0 amide bonds. The van der Waals surface area contributed by atoms with E-state index in [-0.39, 0.29) is 6.04 Å². The predicted octanol–water partition coefficient (Wildman–Crippen LogP) is 7.21. The van der Waals surface area contributed by atoms with Crippen LogP contribution in [0.5, 0.6) is 0 Å². The molecular formula is C25H39NOS2. The number of nitrogens with one attached hydrogen (secondary N) is 1. The minimum Gasteiger partial charge on any atom is -0.385 e. The summed E-state index contributed by atoms with van der Waals surface area (Å²) >= 11 is 3.75. The zero-order valence-electron chi connectivity index (χ0n) is 19.1. The normalized spacial score (nSPS) is 11.7. The number of thioether (sulfide) groups is 2. The van der Waals surface area contributed by atoms with Gasteiger partial charge in [-0.2, -0.15) is 0 Å². The molecule has 0 aromatic heterocycles. The topological polar surface area (TPSA) is 21.3 Å². The Labute approximate surface area is 187 Å². The van der Waals surface area contributed by atoms with Gasteiger partial charge in [-0.15, -0.1) is 23.5 Å². The average Bonchev–Trinajstić information content (AvgIpc) is 2.77. The van der Waals surface area contributed by atoms with Crippen molar-refractivity contribution in [1.29, 1.82) is 0 Å². The maximum Gasteiger partial charge on any atom is 0.0590 e. The summed E-state index contributed by atoms with van der Waals surface area (Å²) in [5.74, 6) is 1.10. The van der Waals surface area contributed by atoms with Crippen LogP contribution in [0.1, 0.15) is 63.3 Å². The van der Waals surface area contributed by atoms with E-state index in [0.29, 0.717) is 0 Å². The summed E-state index contributed by atoms with van der Waals surface area (Å²) in [4.78, 5) is 2.72. The van der Waals surface area contributed by atoms with Crippen molar-refractivity contribution in [3.63, 3.8) is 0 Å². The number of hydrogen-bond donors (Lipinski definition) is 1. The lowest BCUT2D eigenvalue weighted by Crippen LogP contribution is -2.26. The van der Waals surface area contributed by atoms with E-state index in [1.165, 1.54) is 26.5 Å². The first kappa shape index (κ1) is 26.1. The maximum atomic E-state index is 5.24. The number of methoxy groups -OCH3 is 1. The van der Waals surface area contributed by atoms with Crippen LogP contribution in [-0.4, -0.2) is 32.3 Å². The smallest absolute Gasteiger partial charge is 0.0590 e. The van der Waals surface area contributed by atoms with Crippen molar-refractivity contribution < 1.29 is 4.74 Å². The van der Waals surface area contributed by atoms with Crippen molar-refractivity contribution in [1.82, 2.24) is 5.32 Å². The Hall–Kier alpha value is -0.940. The quantitative estimate of drug-likeness (QED) is 0.282. The number of rotatable bonds is 12. The van der Waals surface area contributed by atoms with Gasteiger partial charge in [-0.3, -0.25) is 0 Å². The monoisotopic (exact) mass is 433 g/mol. The molecule has 4 heteroatoms. The molecule has 0 aliphatic rings. The Morgan fingerprint density at radius 3 is 2.45 bits per heavy atom. The van der Waals surface area contributed by atoms with Gasteiger partial charge in [0.05, 0.1) is 6.04 Å². The van der Waals surface area contributed by atoms with Crippen LogP contribution in [0.25, 0.3) is 0 Å². The van der Waals surface area contributed by atoms with Crippen LogP contribution in [0.3, 0.4) is 0 Å². The summed E-state index contributed by atoms with van der Waals surface area (Å²) in [5.41, 5.74) is 4.23. The third-order valence-corrected chi connectivity index (χ3v) is 6.26. The summed E-state index contributed by atoms with van der Waals surface area (Å²) in [6, 6.07) is 16.1. The number of ether oxygens (including phenoxy) is 1. The zero-order valence-corrected chi connectivity index (χ0v) is 20.7. The van der Waals surface area contributed by atoms with Crippen LogP contribution in [0, 0.1) is 0 Å². The van der Waals surface area contributed by atoms with Crippen molar-refractivity contribution in [2.24, 2.45) is 0 Å². The summed E-state index contributed by atoms with van der Waals surface area (Å²) in [7, 11) is 1.77. The minimum atomic E-state index is 0.215. The van der Waals surface area contributed by atoms with Gasteiger partial charge in [0.1, 0.15) is 0 Å². The summed E-state index contributed by atoms with van der Waals surface area (Å²) < 4.78 is 5.24. The van der Waals surface area contributed by atoms with E-state index in [2.05, 4.69) is 67.9 Å². The van der Waals surface area contributed by atoms with Crippen LogP contribution < -0.4 is 5.32 Å². The van der Waals surface area contributed by atoms with Gasteiger partial charge >= 0.3 is 0 Å². The molecule has 0 heterocycles. The van der Waals surface area contributed by atoms with Crippen LogP contribution in [0.15, 0.2) is 52.3 Å². The first-order valence-electron chi connectivity index (χ1n) is 10.9. The van der Waals surface area contributed by atoms with Crippen LogP contribution in [-0.2, 0) is 11.2 Å². The molecule has 2 nitrogen and oxygen atoms in total.